The van der Waals surface area contributed by atoms with Crippen molar-refractivity contribution in [2.24, 2.45) is 0 Å². The molecule has 0 spiro atoms. The molecule has 2 amide bonds. The normalized spacial score (nSPS) is 14.7. The lowest BCUT2D eigenvalue weighted by atomic mass is 9.70. The van der Waals surface area contributed by atoms with E-state index in [4.69, 9.17) is 11.6 Å². The highest BCUT2D eigenvalue weighted by molar-refractivity contribution is 7.92. The van der Waals surface area contributed by atoms with Gasteiger partial charge in [0.2, 0.25) is 26.0 Å². The van der Waals surface area contributed by atoms with Gasteiger partial charge in [-0.3, -0.25) is 24.5 Å². The Morgan fingerprint density at radius 2 is 1.26 bits per heavy atom. The summed E-state index contributed by atoms with van der Waals surface area (Å²) in [6.07, 6.45) is 2.06. The first kappa shape index (κ1) is 27.4. The maximum absolute atomic E-state index is 14.4. The Morgan fingerprint density at radius 3 is 1.66 bits per heavy atom. The first-order valence-electron chi connectivity index (χ1n) is 11.2. The molecule has 0 fully saturated rings. The summed E-state index contributed by atoms with van der Waals surface area (Å²) in [6, 6.07) is 16.0. The Bertz CT molecular complexity index is 1580. The molecule has 0 aliphatic carbocycles. The van der Waals surface area contributed by atoms with E-state index < -0.39 is 37.3 Å². The van der Waals surface area contributed by atoms with Gasteiger partial charge in [-0.25, -0.2) is 21.8 Å². The lowest BCUT2D eigenvalue weighted by Gasteiger charge is -2.30. The zero-order valence-electron chi connectivity index (χ0n) is 20.9. The number of nitrogens with zero attached hydrogens (tertiary/aromatic N) is 1. The molecule has 0 unspecified atom stereocenters. The zero-order chi connectivity index (χ0) is 28.0. The maximum atomic E-state index is 14.4. The molecule has 0 bridgehead atoms. The van der Waals surface area contributed by atoms with Gasteiger partial charge in [-0.2, -0.15) is 0 Å². The van der Waals surface area contributed by atoms with Crippen LogP contribution in [0.3, 0.4) is 0 Å². The molecule has 10 nitrogen and oxygen atoms in total. The van der Waals surface area contributed by atoms with Gasteiger partial charge in [0.15, 0.2) is 0 Å². The van der Waals surface area contributed by atoms with Crippen LogP contribution in [0.4, 0.5) is 17.1 Å². The van der Waals surface area contributed by atoms with Crippen LogP contribution >= 0.6 is 11.6 Å². The number of sulfonamides is 2. The van der Waals surface area contributed by atoms with Gasteiger partial charge in [-0.05, 0) is 53.9 Å². The summed E-state index contributed by atoms with van der Waals surface area (Å²) in [4.78, 5) is 26.5. The van der Waals surface area contributed by atoms with Crippen molar-refractivity contribution >= 4 is 60.5 Å². The molecular formula is C25H25ClN4O6S2. The lowest BCUT2D eigenvalue weighted by Crippen LogP contribution is -2.49. The Morgan fingerprint density at radius 1 is 0.816 bits per heavy atom. The highest BCUT2D eigenvalue weighted by Crippen LogP contribution is 2.52. The summed E-state index contributed by atoms with van der Waals surface area (Å²) in [5.41, 5.74) is 4.20. The van der Waals surface area contributed by atoms with Crippen LogP contribution in [0.25, 0.3) is 0 Å². The van der Waals surface area contributed by atoms with Crippen LogP contribution < -0.4 is 19.9 Å². The summed E-state index contributed by atoms with van der Waals surface area (Å²) in [6.45, 7) is 3.02. The number of nitrogens with one attached hydrogen (secondary N) is 3. The van der Waals surface area contributed by atoms with E-state index in [1.54, 1.807) is 43.3 Å². The number of hydrazine groups is 1. The number of fused-ring (bicyclic) bond motifs is 1. The van der Waals surface area contributed by atoms with Crippen molar-refractivity contribution in [3.63, 3.8) is 0 Å². The molecule has 0 aromatic heterocycles. The number of hydrogen-bond donors (Lipinski definition) is 3. The van der Waals surface area contributed by atoms with Crippen molar-refractivity contribution in [3.05, 3.63) is 87.9 Å². The fraction of sp³-hybridized carbons (Fsp3) is 0.200. The van der Waals surface area contributed by atoms with Gasteiger partial charge in [0, 0.05) is 28.9 Å². The quantitative estimate of drug-likeness (QED) is 0.394. The summed E-state index contributed by atoms with van der Waals surface area (Å²) >= 11 is 6.41. The third kappa shape index (κ3) is 5.06. The molecule has 1 aliphatic heterocycles. The Kier molecular flexibility index (Phi) is 6.93. The van der Waals surface area contributed by atoms with Gasteiger partial charge in [-0.15, -0.1) is 0 Å². The fourth-order valence-corrected chi connectivity index (χ4v) is 5.93. The van der Waals surface area contributed by atoms with Crippen LogP contribution in [0.2, 0.25) is 5.02 Å². The number of benzene rings is 3. The van der Waals surface area contributed by atoms with E-state index in [0.717, 1.165) is 12.5 Å². The SMILES string of the molecule is CC(=O)NN1C(=O)C(c2ccc(NS(C)(=O)=O)cc2)(c2ccc(NS(C)(=O)=O)cc2)c2ccc(Cl)c(C)c21. The minimum Gasteiger partial charge on any atom is -0.284 e. The number of hydrogen-bond acceptors (Lipinski definition) is 6. The van der Waals surface area contributed by atoms with E-state index >= 15 is 0 Å². The van der Waals surface area contributed by atoms with E-state index in [0.29, 0.717) is 44.3 Å². The topological polar surface area (TPSA) is 142 Å². The van der Waals surface area contributed by atoms with E-state index in [1.165, 1.54) is 36.2 Å². The second kappa shape index (κ2) is 9.61. The van der Waals surface area contributed by atoms with Crippen LogP contribution in [-0.4, -0.2) is 41.2 Å². The molecule has 3 aromatic rings. The zero-order valence-corrected chi connectivity index (χ0v) is 23.3. The monoisotopic (exact) mass is 576 g/mol. The summed E-state index contributed by atoms with van der Waals surface area (Å²) in [5, 5.41) is 1.56. The van der Waals surface area contributed by atoms with Crippen molar-refractivity contribution in [2.75, 3.05) is 27.0 Å². The standard InChI is InChI=1S/C25H25ClN4O6S2/c1-15-22(26)14-13-21-23(15)30(27-16(2)31)24(32)25(21,17-5-9-19(10-6-17)28-37(3,33)34)18-7-11-20(12-8-18)29-38(4,35)36/h5-14,28-29H,1-4H3,(H,27,31). The van der Waals surface area contributed by atoms with E-state index in [2.05, 4.69) is 14.9 Å². The second-order valence-corrected chi connectivity index (χ2v) is 12.9. The van der Waals surface area contributed by atoms with Crippen LogP contribution in [0.15, 0.2) is 60.7 Å². The van der Waals surface area contributed by atoms with Crippen LogP contribution in [0.5, 0.6) is 0 Å². The number of anilines is 3. The van der Waals surface area contributed by atoms with Gasteiger partial charge in [0.05, 0.1) is 18.2 Å². The molecular weight excluding hydrogens is 552 g/mol. The number of carbonyl (C=O) groups excluding carboxylic acids is 2. The van der Waals surface area contributed by atoms with E-state index in [9.17, 15) is 26.4 Å². The molecule has 13 heteroatoms. The molecule has 0 atom stereocenters. The van der Waals surface area contributed by atoms with Crippen LogP contribution in [-0.2, 0) is 35.1 Å². The van der Waals surface area contributed by atoms with Crippen molar-refractivity contribution in [1.29, 1.82) is 0 Å². The van der Waals surface area contributed by atoms with Gasteiger partial charge in [0.25, 0.3) is 5.91 Å². The summed E-state index contributed by atoms with van der Waals surface area (Å²) in [5.74, 6) is -0.972. The van der Waals surface area contributed by atoms with Gasteiger partial charge >= 0.3 is 0 Å². The average Bonchev–Trinajstić information content (AvgIpc) is 3.04. The predicted molar refractivity (Wildman–Crippen MR) is 147 cm³/mol. The van der Waals surface area contributed by atoms with Gasteiger partial charge in [0.1, 0.15) is 5.41 Å². The minimum absolute atomic E-state index is 0.302. The molecule has 0 saturated heterocycles. The molecule has 0 radical (unpaired) electrons. The minimum atomic E-state index is -3.53. The third-order valence-electron chi connectivity index (χ3n) is 6.03. The molecule has 3 N–H and O–H groups in total. The molecule has 0 saturated carbocycles. The molecule has 38 heavy (non-hydrogen) atoms. The predicted octanol–water partition coefficient (Wildman–Crippen LogP) is 3.12. The average molecular weight is 577 g/mol. The number of carbonyl (C=O) groups is 2. The highest BCUT2D eigenvalue weighted by atomic mass is 35.5. The third-order valence-corrected chi connectivity index (χ3v) is 7.65. The Hall–Kier alpha value is -3.61. The largest absolute Gasteiger partial charge is 0.284 e. The molecule has 1 heterocycles. The molecule has 3 aromatic carbocycles. The summed E-state index contributed by atoms with van der Waals surface area (Å²) in [7, 11) is -7.06. The Balaban J connectivity index is 2.01. The second-order valence-electron chi connectivity index (χ2n) is 9.03. The summed E-state index contributed by atoms with van der Waals surface area (Å²) < 4.78 is 51.7. The van der Waals surface area contributed by atoms with Crippen molar-refractivity contribution < 1.29 is 26.4 Å². The van der Waals surface area contributed by atoms with E-state index in [-0.39, 0.29) is 0 Å². The fourth-order valence-electron chi connectivity index (χ4n) is 4.64. The number of rotatable bonds is 7. The molecule has 4 rings (SSSR count). The first-order chi connectivity index (χ1) is 17.6. The van der Waals surface area contributed by atoms with E-state index in [1.807, 2.05) is 0 Å². The number of amides is 2. The van der Waals surface area contributed by atoms with Gasteiger partial charge in [-0.1, -0.05) is 41.9 Å². The molecule has 1 aliphatic rings. The van der Waals surface area contributed by atoms with Crippen molar-refractivity contribution in [2.45, 2.75) is 19.3 Å². The van der Waals surface area contributed by atoms with Crippen LogP contribution in [0, 0.1) is 6.92 Å². The number of halogens is 1. The lowest BCUT2D eigenvalue weighted by molar-refractivity contribution is -0.126. The smallest absolute Gasteiger partial charge is 0.265 e. The van der Waals surface area contributed by atoms with Gasteiger partial charge < -0.3 is 0 Å². The van der Waals surface area contributed by atoms with Crippen molar-refractivity contribution in [3.8, 4) is 0 Å². The molecule has 200 valence electrons. The Labute approximate surface area is 226 Å². The van der Waals surface area contributed by atoms with Crippen LogP contribution in [0.1, 0.15) is 29.2 Å². The first-order valence-corrected chi connectivity index (χ1v) is 15.4. The van der Waals surface area contributed by atoms with Crippen molar-refractivity contribution in [1.82, 2.24) is 5.43 Å². The maximum Gasteiger partial charge on any atom is 0.265 e. The highest BCUT2D eigenvalue weighted by Gasteiger charge is 2.54.